The third kappa shape index (κ3) is 4.28. The molecule has 1 aromatic heterocycles. The van der Waals surface area contributed by atoms with Gasteiger partial charge in [-0.15, -0.1) is 0 Å². The van der Waals surface area contributed by atoms with Crippen LogP contribution in [0.2, 0.25) is 0 Å². The zero-order valence-corrected chi connectivity index (χ0v) is 17.0. The van der Waals surface area contributed by atoms with Crippen molar-refractivity contribution in [2.45, 2.75) is 38.8 Å². The molecule has 0 N–H and O–H groups in total. The number of hydrogen-bond acceptors (Lipinski definition) is 5. The SMILES string of the molecule is COC(=O)c1cc(CN(C)CC(=O)N(C)C2CCCc3ccccc32)oc1C. The molecule has 1 unspecified atom stereocenters. The van der Waals surface area contributed by atoms with E-state index in [0.29, 0.717) is 23.6 Å². The Bertz CT molecular complexity index is 858. The largest absolute Gasteiger partial charge is 0.465 e. The molecule has 1 heterocycles. The lowest BCUT2D eigenvalue weighted by Crippen LogP contribution is -2.39. The minimum atomic E-state index is -0.415. The molecule has 2 aromatic rings. The first kappa shape index (κ1) is 20.1. The molecule has 0 saturated heterocycles. The Kier molecular flexibility index (Phi) is 6.19. The van der Waals surface area contributed by atoms with Gasteiger partial charge in [0.15, 0.2) is 0 Å². The summed E-state index contributed by atoms with van der Waals surface area (Å²) in [6, 6.07) is 10.2. The maximum absolute atomic E-state index is 12.9. The van der Waals surface area contributed by atoms with E-state index in [4.69, 9.17) is 9.15 Å². The van der Waals surface area contributed by atoms with Crippen molar-refractivity contribution in [1.29, 1.82) is 0 Å². The molecule has 6 heteroatoms. The Morgan fingerprint density at radius 2 is 2.00 bits per heavy atom. The van der Waals surface area contributed by atoms with Crippen LogP contribution < -0.4 is 0 Å². The van der Waals surface area contributed by atoms with Crippen molar-refractivity contribution in [2.75, 3.05) is 27.7 Å². The molecule has 3 rings (SSSR count). The molecule has 150 valence electrons. The number of aryl methyl sites for hydroxylation is 2. The first-order valence-corrected chi connectivity index (χ1v) is 9.60. The molecule has 1 atom stereocenters. The van der Waals surface area contributed by atoms with Crippen LogP contribution >= 0.6 is 0 Å². The summed E-state index contributed by atoms with van der Waals surface area (Å²) in [4.78, 5) is 28.3. The Hall–Kier alpha value is -2.60. The second kappa shape index (κ2) is 8.61. The van der Waals surface area contributed by atoms with E-state index in [1.54, 1.807) is 13.0 Å². The highest BCUT2D eigenvalue weighted by atomic mass is 16.5. The van der Waals surface area contributed by atoms with Crippen LogP contribution in [-0.4, -0.2) is 49.4 Å². The van der Waals surface area contributed by atoms with E-state index in [1.165, 1.54) is 18.2 Å². The van der Waals surface area contributed by atoms with Crippen molar-refractivity contribution in [1.82, 2.24) is 9.80 Å². The van der Waals surface area contributed by atoms with E-state index in [2.05, 4.69) is 18.2 Å². The number of nitrogens with zero attached hydrogens (tertiary/aromatic N) is 2. The number of rotatable bonds is 6. The quantitative estimate of drug-likeness (QED) is 0.715. The van der Waals surface area contributed by atoms with Gasteiger partial charge < -0.3 is 14.1 Å². The molecular weight excluding hydrogens is 356 g/mol. The lowest BCUT2D eigenvalue weighted by Gasteiger charge is -2.34. The molecule has 28 heavy (non-hydrogen) atoms. The Morgan fingerprint density at radius 3 is 2.75 bits per heavy atom. The van der Waals surface area contributed by atoms with Crippen LogP contribution in [0.25, 0.3) is 0 Å². The van der Waals surface area contributed by atoms with Gasteiger partial charge in [-0.25, -0.2) is 4.79 Å². The Labute approximate surface area is 166 Å². The number of methoxy groups -OCH3 is 1. The summed E-state index contributed by atoms with van der Waals surface area (Å²) in [6.45, 7) is 2.45. The number of furan rings is 1. The fourth-order valence-electron chi connectivity index (χ4n) is 3.90. The van der Waals surface area contributed by atoms with Crippen molar-refractivity contribution < 1.29 is 18.7 Å². The average molecular weight is 384 g/mol. The zero-order valence-electron chi connectivity index (χ0n) is 17.0. The average Bonchev–Trinajstić information content (AvgIpc) is 3.06. The summed E-state index contributed by atoms with van der Waals surface area (Å²) in [7, 11) is 5.10. The summed E-state index contributed by atoms with van der Waals surface area (Å²) < 4.78 is 10.4. The van der Waals surface area contributed by atoms with Crippen LogP contribution in [0, 0.1) is 6.92 Å². The molecular formula is C22H28N2O4. The number of carbonyl (C=O) groups excluding carboxylic acids is 2. The maximum atomic E-state index is 12.9. The van der Waals surface area contributed by atoms with E-state index < -0.39 is 5.97 Å². The number of esters is 1. The molecule has 0 aliphatic heterocycles. The molecule has 0 saturated carbocycles. The van der Waals surface area contributed by atoms with Crippen LogP contribution in [-0.2, 0) is 22.5 Å². The summed E-state index contributed by atoms with van der Waals surface area (Å²) in [6.07, 6.45) is 3.16. The van der Waals surface area contributed by atoms with E-state index in [1.807, 2.05) is 30.0 Å². The monoisotopic (exact) mass is 384 g/mol. The number of hydrogen-bond donors (Lipinski definition) is 0. The second-order valence-electron chi connectivity index (χ2n) is 7.46. The lowest BCUT2D eigenvalue weighted by molar-refractivity contribution is -0.133. The van der Waals surface area contributed by atoms with Gasteiger partial charge in [0.25, 0.3) is 0 Å². The van der Waals surface area contributed by atoms with Crippen molar-refractivity contribution >= 4 is 11.9 Å². The van der Waals surface area contributed by atoms with Gasteiger partial charge in [-0.3, -0.25) is 9.69 Å². The van der Waals surface area contributed by atoms with E-state index in [9.17, 15) is 9.59 Å². The molecule has 0 spiro atoms. The van der Waals surface area contributed by atoms with Gasteiger partial charge in [0.1, 0.15) is 17.1 Å². The number of fused-ring (bicyclic) bond motifs is 1. The topological polar surface area (TPSA) is 63.0 Å². The smallest absolute Gasteiger partial charge is 0.341 e. The highest BCUT2D eigenvalue weighted by Gasteiger charge is 2.27. The number of benzene rings is 1. The van der Waals surface area contributed by atoms with Crippen molar-refractivity contribution in [3.8, 4) is 0 Å². The first-order valence-electron chi connectivity index (χ1n) is 9.60. The van der Waals surface area contributed by atoms with Gasteiger partial charge in [-0.2, -0.15) is 0 Å². The van der Waals surface area contributed by atoms with Crippen LogP contribution in [0.3, 0.4) is 0 Å². The third-order valence-corrected chi connectivity index (χ3v) is 5.40. The summed E-state index contributed by atoms with van der Waals surface area (Å²) in [5.74, 6) is 0.818. The van der Waals surface area contributed by atoms with E-state index in [0.717, 1.165) is 19.3 Å². The van der Waals surface area contributed by atoms with Gasteiger partial charge in [0, 0.05) is 7.05 Å². The standard InChI is InChI=1S/C22H28N2O4/c1-15-19(22(26)27-4)12-17(28-15)13-23(2)14-21(25)24(3)20-11-7-9-16-8-5-6-10-18(16)20/h5-6,8,10,12,20H,7,9,11,13-14H2,1-4H3. The molecule has 6 nitrogen and oxygen atoms in total. The second-order valence-corrected chi connectivity index (χ2v) is 7.46. The predicted molar refractivity (Wildman–Crippen MR) is 106 cm³/mol. The molecule has 1 aromatic carbocycles. The lowest BCUT2D eigenvalue weighted by atomic mass is 9.87. The molecule has 1 aliphatic rings. The Morgan fingerprint density at radius 1 is 1.25 bits per heavy atom. The minimum Gasteiger partial charge on any atom is -0.465 e. The van der Waals surface area contributed by atoms with E-state index in [-0.39, 0.29) is 18.5 Å². The zero-order chi connectivity index (χ0) is 20.3. The number of ether oxygens (including phenoxy) is 1. The summed E-state index contributed by atoms with van der Waals surface area (Å²) in [5, 5.41) is 0. The summed E-state index contributed by atoms with van der Waals surface area (Å²) >= 11 is 0. The number of carbonyl (C=O) groups is 2. The third-order valence-electron chi connectivity index (χ3n) is 5.40. The Balaban J connectivity index is 1.62. The highest BCUT2D eigenvalue weighted by Crippen LogP contribution is 2.33. The maximum Gasteiger partial charge on any atom is 0.341 e. The van der Waals surface area contributed by atoms with Crippen LogP contribution in [0.4, 0.5) is 0 Å². The normalized spacial score (nSPS) is 16.0. The minimum absolute atomic E-state index is 0.0701. The van der Waals surface area contributed by atoms with Crippen molar-refractivity contribution in [2.24, 2.45) is 0 Å². The number of amides is 1. The highest BCUT2D eigenvalue weighted by molar-refractivity contribution is 5.90. The molecule has 0 fully saturated rings. The molecule has 0 radical (unpaired) electrons. The summed E-state index contributed by atoms with van der Waals surface area (Å²) in [5.41, 5.74) is 3.03. The van der Waals surface area contributed by atoms with Gasteiger partial charge in [0.2, 0.25) is 5.91 Å². The van der Waals surface area contributed by atoms with Crippen molar-refractivity contribution in [3.05, 3.63) is 58.5 Å². The fraction of sp³-hybridized carbons (Fsp3) is 0.455. The first-order chi connectivity index (χ1) is 13.4. The van der Waals surface area contributed by atoms with Gasteiger partial charge in [-0.1, -0.05) is 24.3 Å². The van der Waals surface area contributed by atoms with Crippen LogP contribution in [0.1, 0.15) is 51.9 Å². The van der Waals surface area contributed by atoms with Crippen LogP contribution in [0.5, 0.6) is 0 Å². The number of likely N-dealkylation sites (N-methyl/N-ethyl adjacent to an activating group) is 2. The molecule has 0 bridgehead atoms. The fourth-order valence-corrected chi connectivity index (χ4v) is 3.90. The van der Waals surface area contributed by atoms with Gasteiger partial charge in [-0.05, 0) is 50.4 Å². The van der Waals surface area contributed by atoms with Gasteiger partial charge >= 0.3 is 5.97 Å². The van der Waals surface area contributed by atoms with E-state index >= 15 is 0 Å². The van der Waals surface area contributed by atoms with Crippen LogP contribution in [0.15, 0.2) is 34.7 Å². The van der Waals surface area contributed by atoms with Gasteiger partial charge in [0.05, 0.1) is 26.2 Å². The predicted octanol–water partition coefficient (Wildman–Crippen LogP) is 3.34. The van der Waals surface area contributed by atoms with Crippen molar-refractivity contribution in [3.63, 3.8) is 0 Å². The molecule has 1 amide bonds. The molecule has 1 aliphatic carbocycles.